The van der Waals surface area contributed by atoms with Crippen LogP contribution in [0.15, 0.2) is 4.99 Å². The molecule has 0 heterocycles. The Bertz CT molecular complexity index is 511. The van der Waals surface area contributed by atoms with Gasteiger partial charge in [0.15, 0.2) is 0 Å². The highest BCUT2D eigenvalue weighted by Crippen LogP contribution is 2.55. The van der Waals surface area contributed by atoms with Gasteiger partial charge in [-0.05, 0) is 31.1 Å². The summed E-state index contributed by atoms with van der Waals surface area (Å²) in [4.78, 5) is 18.5. The van der Waals surface area contributed by atoms with Crippen molar-refractivity contribution in [2.24, 2.45) is 16.8 Å². The van der Waals surface area contributed by atoms with E-state index in [1.807, 2.05) is 6.92 Å². The van der Waals surface area contributed by atoms with Gasteiger partial charge in [-0.15, -0.1) is 0 Å². The van der Waals surface area contributed by atoms with E-state index in [0.717, 1.165) is 38.8 Å². The number of amides is 1. The fourth-order valence-corrected chi connectivity index (χ4v) is 5.25. The van der Waals surface area contributed by atoms with Crippen molar-refractivity contribution in [3.63, 3.8) is 0 Å². The van der Waals surface area contributed by atoms with Gasteiger partial charge in [0.25, 0.3) is 0 Å². The first kappa shape index (κ1) is 28.3. The lowest BCUT2D eigenvalue weighted by atomic mass is 10.1. The summed E-state index contributed by atoms with van der Waals surface area (Å²) < 4.78 is 25.7. The summed E-state index contributed by atoms with van der Waals surface area (Å²) in [5.74, 6) is 1.03. The third-order valence-electron chi connectivity index (χ3n) is 4.37. The van der Waals surface area contributed by atoms with Crippen molar-refractivity contribution in [1.29, 1.82) is 0 Å². The minimum absolute atomic E-state index is 0.287. The van der Waals surface area contributed by atoms with E-state index in [1.54, 1.807) is 0 Å². The van der Waals surface area contributed by atoms with Gasteiger partial charge >= 0.3 is 7.60 Å². The first-order valence-electron chi connectivity index (χ1n) is 11.3. The fourth-order valence-electron chi connectivity index (χ4n) is 3.10. The summed E-state index contributed by atoms with van der Waals surface area (Å²) in [5, 5.41) is 0. The first-order chi connectivity index (χ1) is 13.6. The third kappa shape index (κ3) is 11.3. The highest BCUT2D eigenvalue weighted by molar-refractivity contribution is 7.55. The summed E-state index contributed by atoms with van der Waals surface area (Å²) in [6, 6.07) is 0. The number of unbranched alkanes of at least 4 members (excludes halogenated alkanes) is 2. The number of amidine groups is 1. The van der Waals surface area contributed by atoms with Crippen LogP contribution in [0.25, 0.3) is 0 Å². The summed E-state index contributed by atoms with van der Waals surface area (Å²) in [6.45, 7) is 18.3. The van der Waals surface area contributed by atoms with Gasteiger partial charge in [-0.3, -0.25) is 9.36 Å². The van der Waals surface area contributed by atoms with Crippen molar-refractivity contribution in [1.82, 2.24) is 4.90 Å². The molecule has 0 spiro atoms. The zero-order valence-corrected chi connectivity index (χ0v) is 21.0. The molecule has 0 saturated carbocycles. The van der Waals surface area contributed by atoms with Crippen molar-refractivity contribution in [2.75, 3.05) is 26.3 Å². The zero-order valence-electron chi connectivity index (χ0n) is 20.1. The molecule has 0 aromatic carbocycles. The number of carbonyl (C=O) groups is 1. The van der Waals surface area contributed by atoms with Crippen molar-refractivity contribution in [3.8, 4) is 0 Å². The Kier molecular flexibility index (Phi) is 14.8. The molecule has 0 aliphatic carbocycles. The Labute approximate surface area is 179 Å². The molecule has 0 radical (unpaired) electrons. The molecule has 0 rings (SSSR count). The minimum atomic E-state index is -3.47. The van der Waals surface area contributed by atoms with Crippen LogP contribution < -0.4 is 0 Å². The molecule has 1 unspecified atom stereocenters. The Balaban J connectivity index is 6.09. The van der Waals surface area contributed by atoms with Gasteiger partial charge in [-0.25, -0.2) is 0 Å². The number of rotatable bonds is 15. The topological polar surface area (TPSA) is 68.2 Å². The lowest BCUT2D eigenvalue weighted by Gasteiger charge is -2.35. The normalized spacial score (nSPS) is 13.9. The van der Waals surface area contributed by atoms with E-state index < -0.39 is 13.3 Å². The van der Waals surface area contributed by atoms with Gasteiger partial charge in [0.2, 0.25) is 5.91 Å². The Morgan fingerprint density at radius 2 is 1.38 bits per heavy atom. The van der Waals surface area contributed by atoms with Crippen LogP contribution in [0.2, 0.25) is 0 Å². The molecular weight excluding hydrogens is 387 g/mol. The summed E-state index contributed by atoms with van der Waals surface area (Å²) in [5.41, 5.74) is -0.544. The van der Waals surface area contributed by atoms with E-state index in [-0.39, 0.29) is 5.91 Å². The number of hydrogen-bond acceptors (Lipinski definition) is 4. The molecule has 0 fully saturated rings. The van der Waals surface area contributed by atoms with Crippen LogP contribution in [0.1, 0.15) is 87.5 Å². The smallest absolute Gasteiger partial charge is 0.341 e. The van der Waals surface area contributed by atoms with Gasteiger partial charge in [0, 0.05) is 20.0 Å². The van der Waals surface area contributed by atoms with Crippen LogP contribution in [0.5, 0.6) is 0 Å². The summed E-state index contributed by atoms with van der Waals surface area (Å²) in [7, 11) is -3.47. The maximum Gasteiger partial charge on any atom is 0.341 e. The second-order valence-corrected chi connectivity index (χ2v) is 10.7. The molecule has 0 bridgehead atoms. The van der Waals surface area contributed by atoms with Gasteiger partial charge in [-0.2, -0.15) is 4.99 Å². The van der Waals surface area contributed by atoms with Crippen molar-refractivity contribution in [2.45, 2.75) is 93.2 Å². The lowest BCUT2D eigenvalue weighted by molar-refractivity contribution is -0.115. The predicted molar refractivity (Wildman–Crippen MR) is 123 cm³/mol. The Hall–Kier alpha value is -0.710. The monoisotopic (exact) mass is 432 g/mol. The SMILES string of the molecule is CCCCOP(=O)(OCCCC)C(CC)C(=NC(C)=O)N(CC(C)C)CC(C)C. The highest BCUT2D eigenvalue weighted by Gasteiger charge is 2.41. The van der Waals surface area contributed by atoms with Crippen molar-refractivity contribution in [3.05, 3.63) is 0 Å². The Morgan fingerprint density at radius 3 is 1.69 bits per heavy atom. The van der Waals surface area contributed by atoms with E-state index in [0.29, 0.717) is 37.3 Å². The Morgan fingerprint density at radius 1 is 0.931 bits per heavy atom. The molecule has 29 heavy (non-hydrogen) atoms. The standard InChI is InChI=1S/C22H45N2O4P/c1-9-12-14-27-29(26,28-15-13-10-2)21(11-3)22(23-20(8)25)24(16-18(4)5)17-19(6)7/h18-19,21H,9-17H2,1-8H3. The molecule has 0 aromatic heterocycles. The van der Waals surface area contributed by atoms with Crippen LogP contribution in [-0.2, 0) is 18.4 Å². The molecule has 0 aliphatic rings. The van der Waals surface area contributed by atoms with E-state index >= 15 is 0 Å². The zero-order chi connectivity index (χ0) is 22.4. The summed E-state index contributed by atoms with van der Waals surface area (Å²) >= 11 is 0. The number of aliphatic imine (C=N–C) groups is 1. The largest absolute Gasteiger partial charge is 0.359 e. The molecule has 0 aromatic rings. The van der Waals surface area contributed by atoms with Crippen LogP contribution in [0.3, 0.4) is 0 Å². The molecule has 0 aliphatic heterocycles. The molecule has 0 saturated heterocycles. The van der Waals surface area contributed by atoms with Crippen LogP contribution >= 0.6 is 7.60 Å². The molecule has 0 N–H and O–H groups in total. The first-order valence-corrected chi connectivity index (χ1v) is 12.9. The molecule has 7 heteroatoms. The number of nitrogens with zero attached hydrogens (tertiary/aromatic N) is 2. The second-order valence-electron chi connectivity index (χ2n) is 8.52. The molecule has 1 amide bonds. The molecule has 6 nitrogen and oxygen atoms in total. The average molecular weight is 433 g/mol. The van der Waals surface area contributed by atoms with Gasteiger partial charge in [0.1, 0.15) is 11.5 Å². The fraction of sp³-hybridized carbons (Fsp3) is 0.909. The van der Waals surface area contributed by atoms with Gasteiger partial charge < -0.3 is 13.9 Å². The minimum Gasteiger partial charge on any atom is -0.359 e. The van der Waals surface area contributed by atoms with Gasteiger partial charge in [0.05, 0.1) is 13.2 Å². The summed E-state index contributed by atoms with van der Waals surface area (Å²) in [6.07, 6.45) is 4.07. The lowest BCUT2D eigenvalue weighted by Crippen LogP contribution is -2.44. The van der Waals surface area contributed by atoms with Crippen LogP contribution in [-0.4, -0.2) is 48.6 Å². The van der Waals surface area contributed by atoms with Crippen molar-refractivity contribution >= 4 is 19.3 Å². The maximum atomic E-state index is 13.9. The quantitative estimate of drug-likeness (QED) is 0.134. The predicted octanol–water partition coefficient (Wildman–Crippen LogP) is 6.15. The van der Waals surface area contributed by atoms with E-state index in [2.05, 4.69) is 51.4 Å². The second kappa shape index (κ2) is 15.1. The molecule has 172 valence electrons. The number of hydrogen-bond donors (Lipinski definition) is 0. The number of carbonyl (C=O) groups excluding carboxylic acids is 1. The maximum absolute atomic E-state index is 13.9. The van der Waals surface area contributed by atoms with Gasteiger partial charge in [-0.1, -0.05) is 61.3 Å². The van der Waals surface area contributed by atoms with Crippen LogP contribution in [0.4, 0.5) is 0 Å². The highest BCUT2D eigenvalue weighted by atomic mass is 31.2. The van der Waals surface area contributed by atoms with Crippen molar-refractivity contribution < 1.29 is 18.4 Å². The van der Waals surface area contributed by atoms with E-state index in [4.69, 9.17) is 9.05 Å². The molecular formula is C22H45N2O4P. The average Bonchev–Trinajstić information content (AvgIpc) is 2.60. The molecule has 1 atom stereocenters. The van der Waals surface area contributed by atoms with E-state index in [1.165, 1.54) is 6.92 Å². The van der Waals surface area contributed by atoms with E-state index in [9.17, 15) is 9.36 Å². The third-order valence-corrected chi connectivity index (χ3v) is 6.82. The van der Waals surface area contributed by atoms with Crippen LogP contribution in [0, 0.1) is 11.8 Å².